The van der Waals surface area contributed by atoms with E-state index in [9.17, 15) is 8.42 Å². The summed E-state index contributed by atoms with van der Waals surface area (Å²) in [5, 5.41) is 6.78. The Morgan fingerprint density at radius 1 is 1.53 bits per heavy atom. The van der Waals surface area contributed by atoms with Crippen LogP contribution in [0.1, 0.15) is 13.3 Å². The zero-order chi connectivity index (χ0) is 11.3. The first kappa shape index (κ1) is 12.7. The number of hydrogen-bond donors (Lipinski definition) is 1. The summed E-state index contributed by atoms with van der Waals surface area (Å²) in [6.07, 6.45) is 3.52. The highest BCUT2D eigenvalue weighted by atomic mass is 79.9. The summed E-state index contributed by atoms with van der Waals surface area (Å²) < 4.78 is 25.5. The van der Waals surface area contributed by atoms with Crippen LogP contribution < -0.4 is 0 Å². The van der Waals surface area contributed by atoms with Crippen molar-refractivity contribution >= 4 is 26.0 Å². The van der Waals surface area contributed by atoms with E-state index in [1.807, 2.05) is 6.92 Å². The fourth-order valence-electron chi connectivity index (χ4n) is 1.23. The summed E-state index contributed by atoms with van der Waals surface area (Å²) >= 11 is 3.25. The highest BCUT2D eigenvalue weighted by molar-refractivity contribution is 9.09. The molecule has 1 aromatic heterocycles. The number of H-pyrrole nitrogens is 1. The van der Waals surface area contributed by atoms with Gasteiger partial charge in [0.05, 0.1) is 6.20 Å². The molecule has 1 aromatic rings. The lowest BCUT2D eigenvalue weighted by molar-refractivity contribution is 0.430. The first-order valence-electron chi connectivity index (χ1n) is 4.67. The topological polar surface area (TPSA) is 66.1 Å². The van der Waals surface area contributed by atoms with Gasteiger partial charge in [0.25, 0.3) is 0 Å². The zero-order valence-electron chi connectivity index (χ0n) is 8.48. The Kier molecular flexibility index (Phi) is 4.75. The molecule has 0 amide bonds. The van der Waals surface area contributed by atoms with Crippen LogP contribution in [0.3, 0.4) is 0 Å². The molecule has 0 aliphatic carbocycles. The summed E-state index contributed by atoms with van der Waals surface area (Å²) in [6, 6.07) is 0. The molecule has 7 heteroatoms. The predicted octanol–water partition coefficient (Wildman–Crippen LogP) is 1.21. The number of aromatic amines is 1. The Morgan fingerprint density at radius 3 is 2.73 bits per heavy atom. The molecule has 1 N–H and O–H groups in total. The molecule has 0 radical (unpaired) electrons. The first-order valence-corrected chi connectivity index (χ1v) is 7.24. The molecule has 1 rings (SSSR count). The maximum absolute atomic E-state index is 12.0. The number of hydrogen-bond acceptors (Lipinski definition) is 3. The Bertz CT molecular complexity index is 371. The van der Waals surface area contributed by atoms with E-state index in [1.54, 1.807) is 0 Å². The van der Waals surface area contributed by atoms with Crippen molar-refractivity contribution in [3.8, 4) is 0 Å². The molecular weight excluding hydrogens is 282 g/mol. The average Bonchev–Trinajstić information content (AvgIpc) is 2.70. The standard InChI is InChI=1S/C8H14BrN3O2S/c1-2-4-12(5-3-9)15(13,14)8-6-10-11-7-8/h6-7H,2-5H2,1H3,(H,10,11). The predicted molar refractivity (Wildman–Crippen MR) is 61.4 cm³/mol. The van der Waals surface area contributed by atoms with Crippen LogP contribution in [-0.2, 0) is 10.0 Å². The van der Waals surface area contributed by atoms with E-state index in [4.69, 9.17) is 0 Å². The van der Waals surface area contributed by atoms with Crippen LogP contribution in [0.4, 0.5) is 0 Å². The summed E-state index contributed by atoms with van der Waals surface area (Å²) in [6.45, 7) is 2.95. The number of nitrogens with one attached hydrogen (secondary N) is 1. The average molecular weight is 296 g/mol. The summed E-state index contributed by atoms with van der Waals surface area (Å²) in [7, 11) is -3.37. The summed E-state index contributed by atoms with van der Waals surface area (Å²) in [5.41, 5.74) is 0. The van der Waals surface area contributed by atoms with Gasteiger partial charge < -0.3 is 0 Å². The lowest BCUT2D eigenvalue weighted by Gasteiger charge is -2.19. The maximum atomic E-state index is 12.0. The Morgan fingerprint density at radius 2 is 2.27 bits per heavy atom. The van der Waals surface area contributed by atoms with E-state index in [2.05, 4.69) is 26.1 Å². The van der Waals surface area contributed by atoms with E-state index in [0.29, 0.717) is 18.4 Å². The van der Waals surface area contributed by atoms with Crippen molar-refractivity contribution in [3.63, 3.8) is 0 Å². The molecule has 0 spiro atoms. The van der Waals surface area contributed by atoms with Crippen LogP contribution in [0, 0.1) is 0 Å². The second kappa shape index (κ2) is 5.62. The SMILES string of the molecule is CCCN(CCBr)S(=O)(=O)c1cn[nH]c1. The van der Waals surface area contributed by atoms with Gasteiger partial charge in [0.1, 0.15) is 4.90 Å². The number of halogens is 1. The minimum absolute atomic E-state index is 0.219. The third kappa shape index (κ3) is 3.02. The minimum atomic E-state index is -3.37. The van der Waals surface area contributed by atoms with Gasteiger partial charge in [0.15, 0.2) is 0 Å². The molecule has 86 valence electrons. The Balaban J connectivity index is 2.91. The molecule has 0 fully saturated rings. The number of sulfonamides is 1. The second-order valence-electron chi connectivity index (χ2n) is 3.03. The van der Waals surface area contributed by atoms with Crippen molar-refractivity contribution in [1.82, 2.24) is 14.5 Å². The van der Waals surface area contributed by atoms with Crippen LogP contribution in [-0.4, -0.2) is 41.3 Å². The second-order valence-corrected chi connectivity index (χ2v) is 5.76. The van der Waals surface area contributed by atoms with Gasteiger partial charge in [-0.15, -0.1) is 0 Å². The highest BCUT2D eigenvalue weighted by Crippen LogP contribution is 2.14. The van der Waals surface area contributed by atoms with Gasteiger partial charge in [-0.05, 0) is 6.42 Å². The third-order valence-electron chi connectivity index (χ3n) is 1.92. The molecule has 0 aliphatic heterocycles. The van der Waals surface area contributed by atoms with Gasteiger partial charge in [-0.25, -0.2) is 8.42 Å². The molecule has 1 heterocycles. The van der Waals surface area contributed by atoms with Gasteiger partial charge in [0, 0.05) is 24.6 Å². The molecule has 15 heavy (non-hydrogen) atoms. The largest absolute Gasteiger partial charge is 0.284 e. The van der Waals surface area contributed by atoms with Crippen LogP contribution >= 0.6 is 15.9 Å². The number of rotatable bonds is 6. The van der Waals surface area contributed by atoms with Crippen molar-refractivity contribution < 1.29 is 8.42 Å². The maximum Gasteiger partial charge on any atom is 0.246 e. The molecule has 0 unspecified atom stereocenters. The summed E-state index contributed by atoms with van der Waals surface area (Å²) in [4.78, 5) is 0.219. The van der Waals surface area contributed by atoms with Crippen molar-refractivity contribution in [3.05, 3.63) is 12.4 Å². The van der Waals surface area contributed by atoms with Gasteiger partial charge in [-0.3, -0.25) is 5.10 Å². The fourth-order valence-corrected chi connectivity index (χ4v) is 3.33. The molecule has 0 bridgehead atoms. The molecule has 0 atom stereocenters. The van der Waals surface area contributed by atoms with Crippen LogP contribution in [0.25, 0.3) is 0 Å². The monoisotopic (exact) mass is 295 g/mol. The van der Waals surface area contributed by atoms with E-state index in [1.165, 1.54) is 16.7 Å². The van der Waals surface area contributed by atoms with Crippen LogP contribution in [0.5, 0.6) is 0 Å². The molecule has 0 aromatic carbocycles. The van der Waals surface area contributed by atoms with E-state index in [0.717, 1.165) is 6.42 Å². The highest BCUT2D eigenvalue weighted by Gasteiger charge is 2.23. The molecule has 0 saturated carbocycles. The van der Waals surface area contributed by atoms with Gasteiger partial charge in [-0.1, -0.05) is 22.9 Å². The van der Waals surface area contributed by atoms with Crippen molar-refractivity contribution in [2.24, 2.45) is 0 Å². The van der Waals surface area contributed by atoms with Crippen molar-refractivity contribution in [2.45, 2.75) is 18.2 Å². The van der Waals surface area contributed by atoms with Gasteiger partial charge in [-0.2, -0.15) is 9.40 Å². The lowest BCUT2D eigenvalue weighted by Crippen LogP contribution is -2.33. The van der Waals surface area contributed by atoms with Crippen LogP contribution in [0.15, 0.2) is 17.3 Å². The van der Waals surface area contributed by atoms with E-state index >= 15 is 0 Å². The number of aromatic nitrogens is 2. The lowest BCUT2D eigenvalue weighted by atomic mass is 10.5. The summed E-state index contributed by atoms with van der Waals surface area (Å²) in [5.74, 6) is 0. The third-order valence-corrected chi connectivity index (χ3v) is 4.14. The Hall–Kier alpha value is -0.400. The van der Waals surface area contributed by atoms with E-state index in [-0.39, 0.29) is 4.90 Å². The molecule has 0 saturated heterocycles. The molecule has 5 nitrogen and oxygen atoms in total. The number of alkyl halides is 1. The first-order chi connectivity index (χ1) is 7.12. The molecule has 0 aliphatic rings. The fraction of sp³-hybridized carbons (Fsp3) is 0.625. The van der Waals surface area contributed by atoms with Crippen molar-refractivity contribution in [1.29, 1.82) is 0 Å². The normalized spacial score (nSPS) is 12.2. The van der Waals surface area contributed by atoms with E-state index < -0.39 is 10.0 Å². The Labute approximate surface area is 98.0 Å². The quantitative estimate of drug-likeness (QED) is 0.802. The number of nitrogens with zero attached hydrogens (tertiary/aromatic N) is 2. The van der Waals surface area contributed by atoms with Gasteiger partial charge in [0.2, 0.25) is 10.0 Å². The van der Waals surface area contributed by atoms with Crippen LogP contribution in [0.2, 0.25) is 0 Å². The van der Waals surface area contributed by atoms with Crippen molar-refractivity contribution in [2.75, 3.05) is 18.4 Å². The van der Waals surface area contributed by atoms with Gasteiger partial charge >= 0.3 is 0 Å². The smallest absolute Gasteiger partial charge is 0.246 e. The zero-order valence-corrected chi connectivity index (χ0v) is 10.9. The molecular formula is C8H14BrN3O2S. The minimum Gasteiger partial charge on any atom is -0.284 e.